The molecule has 0 unspecified atom stereocenters. The van der Waals surface area contributed by atoms with Crippen LogP contribution in [0.4, 0.5) is 17.1 Å². The minimum atomic E-state index is -0.477. The molecular formula is C40H25NO2. The molecule has 0 aliphatic rings. The van der Waals surface area contributed by atoms with E-state index in [0.717, 1.165) is 32.7 Å². The summed E-state index contributed by atoms with van der Waals surface area (Å²) in [4.78, 5) is 1.73. The summed E-state index contributed by atoms with van der Waals surface area (Å²) < 4.78 is 74.3. The maximum atomic E-state index is 9.61. The van der Waals surface area contributed by atoms with E-state index in [1.54, 1.807) is 4.90 Å². The molecule has 0 bridgehead atoms. The van der Waals surface area contributed by atoms with Gasteiger partial charge in [0.25, 0.3) is 0 Å². The Morgan fingerprint density at radius 2 is 1.21 bits per heavy atom. The minimum absolute atomic E-state index is 0.00135. The van der Waals surface area contributed by atoms with E-state index in [9.17, 15) is 2.74 Å². The van der Waals surface area contributed by atoms with Gasteiger partial charge in [0, 0.05) is 38.3 Å². The van der Waals surface area contributed by atoms with Gasteiger partial charge in [-0.3, -0.25) is 0 Å². The Morgan fingerprint density at radius 3 is 2.12 bits per heavy atom. The Bertz CT molecular complexity index is 2840. The van der Waals surface area contributed by atoms with Crippen LogP contribution in [0, 0.1) is 0 Å². The van der Waals surface area contributed by atoms with Gasteiger partial charge in [-0.1, -0.05) is 103 Å². The molecule has 9 rings (SSSR count). The first-order valence-electron chi connectivity index (χ1n) is 17.5. The number of nitrogens with zero attached hydrogens (tertiary/aromatic N) is 1. The van der Waals surface area contributed by atoms with E-state index < -0.39 is 18.1 Å². The Morgan fingerprint density at radius 1 is 0.465 bits per heavy atom. The Balaban J connectivity index is 1.38. The predicted molar refractivity (Wildman–Crippen MR) is 179 cm³/mol. The van der Waals surface area contributed by atoms with Gasteiger partial charge >= 0.3 is 0 Å². The van der Waals surface area contributed by atoms with Crippen molar-refractivity contribution < 1.29 is 18.4 Å². The highest BCUT2D eigenvalue weighted by Gasteiger charge is 2.21. The van der Waals surface area contributed by atoms with Gasteiger partial charge in [-0.25, -0.2) is 0 Å². The second-order valence-electron chi connectivity index (χ2n) is 10.4. The fraction of sp³-hybridized carbons (Fsp3) is 0. The molecule has 2 heterocycles. The van der Waals surface area contributed by atoms with Crippen LogP contribution in [0.15, 0.2) is 160 Å². The second kappa shape index (κ2) is 9.37. The average Bonchev–Trinajstić information content (AvgIpc) is 3.75. The molecule has 0 aliphatic carbocycles. The molecule has 43 heavy (non-hydrogen) atoms. The SMILES string of the molecule is [2H]c1c([2H])c([2H])c2c(oc3c([2H])c([2H])c(N(c4ccc(-c5ccccc5)cc4)c4cccc5c4oc4c6ccccc6ccc54)c([2H])c32)c1[2H]. The number of hydrogen-bond acceptors (Lipinski definition) is 3. The highest BCUT2D eigenvalue weighted by molar-refractivity contribution is 6.17. The first-order chi connectivity index (χ1) is 24.2. The predicted octanol–water partition coefficient (Wildman–Crippen LogP) is 11.8. The summed E-state index contributed by atoms with van der Waals surface area (Å²) in [5.41, 5.74) is 4.09. The molecule has 2 aromatic heterocycles. The van der Waals surface area contributed by atoms with Gasteiger partial charge in [-0.05, 0) is 64.9 Å². The third kappa shape index (κ3) is 3.75. The van der Waals surface area contributed by atoms with E-state index in [-0.39, 0.29) is 51.8 Å². The zero-order valence-electron chi connectivity index (χ0n) is 29.7. The highest BCUT2D eigenvalue weighted by Crippen LogP contribution is 2.45. The normalized spacial score (nSPS) is 14.0. The Kier molecular flexibility index (Phi) is 3.90. The molecule has 3 heteroatoms. The highest BCUT2D eigenvalue weighted by atomic mass is 16.3. The lowest BCUT2D eigenvalue weighted by Crippen LogP contribution is -2.10. The summed E-state index contributed by atoms with van der Waals surface area (Å²) in [6.45, 7) is 0. The molecule has 9 aromatic rings. The van der Waals surface area contributed by atoms with Crippen molar-refractivity contribution in [2.45, 2.75) is 0 Å². The summed E-state index contributed by atoms with van der Waals surface area (Å²) in [5.74, 6) is 0. The van der Waals surface area contributed by atoms with Crippen LogP contribution in [0.5, 0.6) is 0 Å². The van der Waals surface area contributed by atoms with Crippen molar-refractivity contribution in [3.63, 3.8) is 0 Å². The van der Waals surface area contributed by atoms with Crippen molar-refractivity contribution in [1.29, 1.82) is 0 Å². The first kappa shape index (κ1) is 17.9. The van der Waals surface area contributed by atoms with Crippen molar-refractivity contribution in [2.75, 3.05) is 4.90 Å². The topological polar surface area (TPSA) is 29.5 Å². The molecule has 0 amide bonds. The van der Waals surface area contributed by atoms with E-state index in [2.05, 4.69) is 6.07 Å². The van der Waals surface area contributed by atoms with Crippen LogP contribution in [0.2, 0.25) is 0 Å². The summed E-state index contributed by atoms with van der Waals surface area (Å²) >= 11 is 0. The minimum Gasteiger partial charge on any atom is -0.456 e. The van der Waals surface area contributed by atoms with Gasteiger partial charge < -0.3 is 13.7 Å². The van der Waals surface area contributed by atoms with Crippen molar-refractivity contribution in [3.8, 4) is 11.1 Å². The second-order valence-corrected chi connectivity index (χ2v) is 10.4. The summed E-state index contributed by atoms with van der Waals surface area (Å²) in [7, 11) is 0. The first-order valence-corrected chi connectivity index (χ1v) is 14.0. The molecule has 0 aliphatic heterocycles. The van der Waals surface area contributed by atoms with Crippen molar-refractivity contribution in [2.24, 2.45) is 0 Å². The van der Waals surface area contributed by atoms with Gasteiger partial charge in [-0.2, -0.15) is 0 Å². The van der Waals surface area contributed by atoms with Crippen LogP contribution >= 0.6 is 0 Å². The largest absolute Gasteiger partial charge is 0.456 e. The van der Waals surface area contributed by atoms with Crippen molar-refractivity contribution in [1.82, 2.24) is 0 Å². The van der Waals surface area contributed by atoms with Crippen LogP contribution in [0.25, 0.3) is 65.8 Å². The van der Waals surface area contributed by atoms with Gasteiger partial charge in [0.05, 0.1) is 15.3 Å². The van der Waals surface area contributed by atoms with Crippen LogP contribution in [0.3, 0.4) is 0 Å². The monoisotopic (exact) mass is 558 g/mol. The van der Waals surface area contributed by atoms with Gasteiger partial charge in [0.15, 0.2) is 5.58 Å². The summed E-state index contributed by atoms with van der Waals surface area (Å²) in [6.07, 6.45) is 0. The van der Waals surface area contributed by atoms with Crippen LogP contribution in [-0.4, -0.2) is 0 Å². The maximum absolute atomic E-state index is 9.61. The number of rotatable bonds is 4. The summed E-state index contributed by atoms with van der Waals surface area (Å²) in [5, 5.41) is 3.75. The van der Waals surface area contributed by atoms with Crippen LogP contribution < -0.4 is 4.90 Å². The van der Waals surface area contributed by atoms with Crippen LogP contribution in [0.1, 0.15) is 9.60 Å². The molecule has 0 spiro atoms. The lowest BCUT2D eigenvalue weighted by atomic mass is 10.0. The average molecular weight is 559 g/mol. The van der Waals surface area contributed by atoms with E-state index >= 15 is 0 Å². The fourth-order valence-electron chi connectivity index (χ4n) is 5.91. The molecule has 0 saturated carbocycles. The fourth-order valence-corrected chi connectivity index (χ4v) is 5.91. The molecule has 0 fully saturated rings. The standard InChI is InChI=1S/C40H25NO2/c1-2-9-26(10-3-1)27-17-20-29(21-18-27)41(30-22-24-38-35(25-30)32-13-6-7-16-37(32)42-38)36-15-8-14-33-34-23-19-28-11-4-5-12-31(28)39(34)43-40(33)36/h1-25H/i6D,7D,13D,16D,22D,24D,25D. The van der Waals surface area contributed by atoms with Crippen molar-refractivity contribution >= 4 is 71.7 Å². The molecule has 202 valence electrons. The molecule has 3 nitrogen and oxygen atoms in total. The summed E-state index contributed by atoms with van der Waals surface area (Å²) in [6, 6.07) is 32.8. The smallest absolute Gasteiger partial charge is 0.159 e. The third-order valence-corrected chi connectivity index (χ3v) is 7.94. The molecule has 0 atom stereocenters. The zero-order valence-corrected chi connectivity index (χ0v) is 22.7. The van der Waals surface area contributed by atoms with Crippen molar-refractivity contribution in [3.05, 3.63) is 151 Å². The van der Waals surface area contributed by atoms with E-state index in [4.69, 9.17) is 15.7 Å². The Labute approximate surface area is 257 Å². The number of furan rings is 2. The molecular weight excluding hydrogens is 526 g/mol. The maximum Gasteiger partial charge on any atom is 0.159 e. The third-order valence-electron chi connectivity index (χ3n) is 7.94. The molecule has 0 N–H and O–H groups in total. The number of anilines is 3. The number of para-hydroxylation sites is 2. The molecule has 0 radical (unpaired) electrons. The van der Waals surface area contributed by atoms with Crippen LogP contribution in [-0.2, 0) is 0 Å². The Hall–Kier alpha value is -5.80. The number of hydrogen-bond donors (Lipinski definition) is 0. The van der Waals surface area contributed by atoms with Gasteiger partial charge in [0.2, 0.25) is 0 Å². The van der Waals surface area contributed by atoms with Gasteiger partial charge in [0.1, 0.15) is 16.7 Å². The lowest BCUT2D eigenvalue weighted by molar-refractivity contribution is 0.669. The van der Waals surface area contributed by atoms with Gasteiger partial charge in [-0.15, -0.1) is 0 Å². The van der Waals surface area contributed by atoms with E-state index in [0.29, 0.717) is 22.5 Å². The number of fused-ring (bicyclic) bond motifs is 8. The zero-order chi connectivity index (χ0) is 34.4. The molecule has 0 saturated heterocycles. The molecule has 7 aromatic carbocycles. The van der Waals surface area contributed by atoms with E-state index in [1.165, 1.54) is 0 Å². The lowest BCUT2D eigenvalue weighted by Gasteiger charge is -2.26. The van der Waals surface area contributed by atoms with E-state index in [1.807, 2.05) is 103 Å². The number of benzene rings is 7. The quantitative estimate of drug-likeness (QED) is 0.215.